The molecule has 1 N–H and O–H groups in total. The van der Waals surface area contributed by atoms with Crippen molar-refractivity contribution < 1.29 is 9.59 Å². The van der Waals surface area contributed by atoms with Crippen LogP contribution in [-0.4, -0.2) is 63.9 Å². The van der Waals surface area contributed by atoms with Crippen molar-refractivity contribution in [3.8, 4) is 0 Å². The Morgan fingerprint density at radius 1 is 0.806 bits per heavy atom. The standard InChI is InChI=1S/C29H31N5O2/c35-28(33-19-17-32(18-20-33)21-23-9-3-1-4-10-23)22-34-26-14-8-7-13-25(26)31-27(34)15-16-30-29(36)24-11-5-2-6-12-24/h1-14H,15-22H2,(H,30,36). The molecule has 1 fully saturated rings. The minimum absolute atomic E-state index is 0.104. The molecule has 1 aliphatic rings. The van der Waals surface area contributed by atoms with E-state index in [4.69, 9.17) is 4.98 Å². The van der Waals surface area contributed by atoms with Crippen LogP contribution in [-0.2, 0) is 24.3 Å². The number of hydrogen-bond donors (Lipinski definition) is 1. The van der Waals surface area contributed by atoms with Crippen LogP contribution in [0.2, 0.25) is 0 Å². The Morgan fingerprint density at radius 3 is 2.22 bits per heavy atom. The number of rotatable bonds is 8. The van der Waals surface area contributed by atoms with Gasteiger partial charge in [-0.25, -0.2) is 4.98 Å². The summed E-state index contributed by atoms with van der Waals surface area (Å²) in [5, 5.41) is 2.97. The number of nitrogens with zero attached hydrogens (tertiary/aromatic N) is 4. The average molecular weight is 482 g/mol. The summed E-state index contributed by atoms with van der Waals surface area (Å²) in [6.07, 6.45) is 0.547. The number of carbonyl (C=O) groups excluding carboxylic acids is 2. The van der Waals surface area contributed by atoms with E-state index < -0.39 is 0 Å². The van der Waals surface area contributed by atoms with Gasteiger partial charge in [-0.3, -0.25) is 14.5 Å². The van der Waals surface area contributed by atoms with Crippen molar-refractivity contribution in [2.24, 2.45) is 0 Å². The van der Waals surface area contributed by atoms with Gasteiger partial charge in [-0.1, -0.05) is 60.7 Å². The molecule has 0 radical (unpaired) electrons. The molecule has 0 unspecified atom stereocenters. The summed E-state index contributed by atoms with van der Waals surface area (Å²) in [7, 11) is 0. The number of fused-ring (bicyclic) bond motifs is 1. The molecule has 1 saturated heterocycles. The topological polar surface area (TPSA) is 70.5 Å². The molecule has 0 spiro atoms. The molecule has 2 heterocycles. The summed E-state index contributed by atoms with van der Waals surface area (Å²) >= 11 is 0. The smallest absolute Gasteiger partial charge is 0.251 e. The van der Waals surface area contributed by atoms with E-state index in [-0.39, 0.29) is 18.4 Å². The number of nitrogens with one attached hydrogen (secondary N) is 1. The SMILES string of the molecule is O=C(NCCc1nc2ccccc2n1CC(=O)N1CCN(Cc2ccccc2)CC1)c1ccccc1. The largest absolute Gasteiger partial charge is 0.352 e. The zero-order chi connectivity index (χ0) is 24.7. The van der Waals surface area contributed by atoms with Crippen molar-refractivity contribution in [2.45, 2.75) is 19.5 Å². The second-order valence-corrected chi connectivity index (χ2v) is 9.12. The molecule has 7 nitrogen and oxygen atoms in total. The van der Waals surface area contributed by atoms with Gasteiger partial charge in [-0.15, -0.1) is 0 Å². The molecule has 4 aromatic rings. The maximum atomic E-state index is 13.3. The van der Waals surface area contributed by atoms with E-state index in [0.717, 1.165) is 49.6 Å². The highest BCUT2D eigenvalue weighted by atomic mass is 16.2. The fourth-order valence-electron chi connectivity index (χ4n) is 4.70. The second-order valence-electron chi connectivity index (χ2n) is 9.12. The number of imidazole rings is 1. The van der Waals surface area contributed by atoms with Gasteiger partial charge < -0.3 is 14.8 Å². The molecule has 0 atom stereocenters. The Bertz CT molecular complexity index is 1310. The van der Waals surface area contributed by atoms with Gasteiger partial charge in [-0.05, 0) is 29.8 Å². The summed E-state index contributed by atoms with van der Waals surface area (Å²) in [6.45, 7) is 4.79. The summed E-state index contributed by atoms with van der Waals surface area (Å²) in [4.78, 5) is 34.8. The van der Waals surface area contributed by atoms with E-state index in [1.54, 1.807) is 12.1 Å². The van der Waals surface area contributed by atoms with Crippen LogP contribution < -0.4 is 5.32 Å². The number of para-hydroxylation sites is 2. The average Bonchev–Trinajstić information content (AvgIpc) is 3.27. The van der Waals surface area contributed by atoms with Crippen molar-refractivity contribution in [3.63, 3.8) is 0 Å². The summed E-state index contributed by atoms with van der Waals surface area (Å²) in [6, 6.07) is 27.5. The monoisotopic (exact) mass is 481 g/mol. The number of carbonyl (C=O) groups is 2. The van der Waals surface area contributed by atoms with E-state index >= 15 is 0 Å². The molecule has 5 rings (SSSR count). The van der Waals surface area contributed by atoms with Gasteiger partial charge in [0.2, 0.25) is 5.91 Å². The zero-order valence-electron chi connectivity index (χ0n) is 20.3. The van der Waals surface area contributed by atoms with Crippen molar-refractivity contribution >= 4 is 22.8 Å². The van der Waals surface area contributed by atoms with Crippen LogP contribution in [0.15, 0.2) is 84.9 Å². The quantitative estimate of drug-likeness (QED) is 0.419. The van der Waals surface area contributed by atoms with Crippen LogP contribution in [0, 0.1) is 0 Å². The molecule has 0 aliphatic carbocycles. The summed E-state index contributed by atoms with van der Waals surface area (Å²) in [5.74, 6) is 0.801. The molecule has 0 saturated carbocycles. The lowest BCUT2D eigenvalue weighted by atomic mass is 10.2. The summed E-state index contributed by atoms with van der Waals surface area (Å²) in [5.41, 5.74) is 3.74. The van der Waals surface area contributed by atoms with Crippen molar-refractivity contribution in [3.05, 3.63) is 102 Å². The predicted molar refractivity (Wildman–Crippen MR) is 141 cm³/mol. The molecule has 0 bridgehead atoms. The van der Waals surface area contributed by atoms with Crippen LogP contribution in [0.1, 0.15) is 21.7 Å². The van der Waals surface area contributed by atoms with Gasteiger partial charge in [0.25, 0.3) is 5.91 Å². The Kier molecular flexibility index (Phi) is 7.38. The molecule has 1 aromatic heterocycles. The first kappa shape index (κ1) is 23.8. The normalized spacial score (nSPS) is 14.2. The third-order valence-electron chi connectivity index (χ3n) is 6.67. The van der Waals surface area contributed by atoms with Gasteiger partial charge in [0.1, 0.15) is 12.4 Å². The van der Waals surface area contributed by atoms with Crippen LogP contribution in [0.5, 0.6) is 0 Å². The lowest BCUT2D eigenvalue weighted by Crippen LogP contribution is -2.49. The lowest BCUT2D eigenvalue weighted by Gasteiger charge is -2.35. The first-order valence-electron chi connectivity index (χ1n) is 12.5. The number of benzene rings is 3. The Morgan fingerprint density at radius 2 is 1.47 bits per heavy atom. The van der Waals surface area contributed by atoms with Crippen LogP contribution in [0.25, 0.3) is 11.0 Å². The van der Waals surface area contributed by atoms with Crippen molar-refractivity contribution in [2.75, 3.05) is 32.7 Å². The Hall–Kier alpha value is -3.97. The molecule has 1 aliphatic heterocycles. The number of piperazine rings is 1. The fourth-order valence-corrected chi connectivity index (χ4v) is 4.70. The third kappa shape index (κ3) is 5.63. The molecule has 184 valence electrons. The zero-order valence-corrected chi connectivity index (χ0v) is 20.3. The predicted octanol–water partition coefficient (Wildman–Crippen LogP) is 3.35. The van der Waals surface area contributed by atoms with E-state index in [9.17, 15) is 9.59 Å². The van der Waals surface area contributed by atoms with Crippen LogP contribution >= 0.6 is 0 Å². The third-order valence-corrected chi connectivity index (χ3v) is 6.67. The van der Waals surface area contributed by atoms with Gasteiger partial charge >= 0.3 is 0 Å². The highest BCUT2D eigenvalue weighted by Gasteiger charge is 2.23. The molecular weight excluding hydrogens is 450 g/mol. The Balaban J connectivity index is 1.21. The molecular formula is C29H31N5O2. The van der Waals surface area contributed by atoms with Gasteiger partial charge in [0, 0.05) is 51.3 Å². The number of hydrogen-bond acceptors (Lipinski definition) is 4. The summed E-state index contributed by atoms with van der Waals surface area (Å²) < 4.78 is 2.00. The minimum atomic E-state index is -0.109. The van der Waals surface area contributed by atoms with E-state index in [0.29, 0.717) is 18.5 Å². The van der Waals surface area contributed by atoms with E-state index in [2.05, 4.69) is 34.5 Å². The van der Waals surface area contributed by atoms with Crippen molar-refractivity contribution in [1.82, 2.24) is 24.7 Å². The molecule has 7 heteroatoms. The fraction of sp³-hybridized carbons (Fsp3) is 0.276. The molecule has 2 amide bonds. The van der Waals surface area contributed by atoms with Gasteiger partial charge in [0.15, 0.2) is 0 Å². The van der Waals surface area contributed by atoms with Gasteiger partial charge in [-0.2, -0.15) is 0 Å². The first-order valence-corrected chi connectivity index (χ1v) is 12.5. The van der Waals surface area contributed by atoms with Crippen molar-refractivity contribution in [1.29, 1.82) is 0 Å². The minimum Gasteiger partial charge on any atom is -0.352 e. The highest BCUT2D eigenvalue weighted by Crippen LogP contribution is 2.17. The van der Waals surface area contributed by atoms with Gasteiger partial charge in [0.05, 0.1) is 11.0 Å². The first-order chi connectivity index (χ1) is 17.7. The van der Waals surface area contributed by atoms with E-state index in [1.165, 1.54) is 5.56 Å². The highest BCUT2D eigenvalue weighted by molar-refractivity contribution is 5.94. The maximum absolute atomic E-state index is 13.3. The van der Waals surface area contributed by atoms with Crippen LogP contribution in [0.4, 0.5) is 0 Å². The maximum Gasteiger partial charge on any atom is 0.251 e. The second kappa shape index (κ2) is 11.2. The Labute approximate surface area is 211 Å². The van der Waals surface area contributed by atoms with E-state index in [1.807, 2.05) is 58.0 Å². The lowest BCUT2D eigenvalue weighted by molar-refractivity contribution is -0.133. The number of amides is 2. The molecule has 3 aromatic carbocycles. The number of aromatic nitrogens is 2. The van der Waals surface area contributed by atoms with Crippen LogP contribution in [0.3, 0.4) is 0 Å². The molecule has 36 heavy (non-hydrogen) atoms.